The largest absolute Gasteiger partial charge is 0.306 e. The summed E-state index contributed by atoms with van der Waals surface area (Å²) in [6.07, 6.45) is 7.44. The van der Waals surface area contributed by atoms with Crippen LogP contribution in [0.2, 0.25) is 0 Å². The van der Waals surface area contributed by atoms with Crippen molar-refractivity contribution in [3.05, 3.63) is 0 Å². The van der Waals surface area contributed by atoms with E-state index in [-0.39, 0.29) is 0 Å². The van der Waals surface area contributed by atoms with Gasteiger partial charge in [0.05, 0.1) is 0 Å². The number of likely N-dealkylation sites (tertiary alicyclic amines) is 1. The fraction of sp³-hybridized carbons (Fsp3) is 1.00. The highest BCUT2D eigenvalue weighted by molar-refractivity contribution is 4.85. The van der Waals surface area contributed by atoms with Crippen LogP contribution >= 0.6 is 0 Å². The molecule has 3 atom stereocenters. The maximum absolute atomic E-state index is 2.52. The van der Waals surface area contributed by atoms with Crippen LogP contribution in [-0.2, 0) is 0 Å². The van der Waals surface area contributed by atoms with Gasteiger partial charge in [0.2, 0.25) is 0 Å². The van der Waals surface area contributed by atoms with Gasteiger partial charge in [-0.3, -0.25) is 0 Å². The monoisotopic (exact) mass is 181 g/mol. The summed E-state index contributed by atoms with van der Waals surface area (Å²) < 4.78 is 0. The van der Waals surface area contributed by atoms with Crippen LogP contribution in [0.15, 0.2) is 0 Å². The molecular formula is C12H23N. The highest BCUT2D eigenvalue weighted by Crippen LogP contribution is 2.39. The van der Waals surface area contributed by atoms with E-state index in [0.717, 1.165) is 17.8 Å². The van der Waals surface area contributed by atoms with Crippen LogP contribution in [-0.4, -0.2) is 25.0 Å². The zero-order chi connectivity index (χ0) is 9.26. The molecule has 0 bridgehead atoms. The van der Waals surface area contributed by atoms with Crippen molar-refractivity contribution in [2.75, 3.05) is 20.1 Å². The second kappa shape index (κ2) is 4.00. The molecular weight excluding hydrogens is 158 g/mol. The Kier molecular flexibility index (Phi) is 2.92. The summed E-state index contributed by atoms with van der Waals surface area (Å²) in [5.74, 6) is 3.18. The lowest BCUT2D eigenvalue weighted by Crippen LogP contribution is -2.41. The SMILES string of the molecule is CCC1CCC2CN(C)CCC2C1. The van der Waals surface area contributed by atoms with Gasteiger partial charge in [0, 0.05) is 6.54 Å². The second-order valence-electron chi connectivity index (χ2n) is 5.16. The first-order valence-electron chi connectivity index (χ1n) is 5.98. The van der Waals surface area contributed by atoms with Gasteiger partial charge < -0.3 is 4.90 Å². The summed E-state index contributed by atoms with van der Waals surface area (Å²) in [4.78, 5) is 2.52. The first kappa shape index (κ1) is 9.51. The number of hydrogen-bond acceptors (Lipinski definition) is 1. The van der Waals surface area contributed by atoms with Crippen LogP contribution < -0.4 is 0 Å². The molecule has 1 nitrogen and oxygen atoms in total. The van der Waals surface area contributed by atoms with Crippen LogP contribution in [0, 0.1) is 17.8 Å². The third kappa shape index (κ3) is 2.07. The maximum atomic E-state index is 2.52. The number of fused-ring (bicyclic) bond motifs is 1. The van der Waals surface area contributed by atoms with Crippen LogP contribution in [0.5, 0.6) is 0 Å². The quantitative estimate of drug-likeness (QED) is 0.601. The van der Waals surface area contributed by atoms with Gasteiger partial charge in [-0.2, -0.15) is 0 Å². The fourth-order valence-electron chi connectivity index (χ4n) is 3.27. The van der Waals surface area contributed by atoms with Crippen LogP contribution in [0.1, 0.15) is 39.0 Å². The average molecular weight is 181 g/mol. The summed E-state index contributed by atoms with van der Waals surface area (Å²) in [6.45, 7) is 5.08. The predicted octanol–water partition coefficient (Wildman–Crippen LogP) is 2.76. The molecule has 3 unspecified atom stereocenters. The van der Waals surface area contributed by atoms with Gasteiger partial charge in [-0.1, -0.05) is 19.8 Å². The lowest BCUT2D eigenvalue weighted by Gasteiger charge is -2.42. The molecule has 13 heavy (non-hydrogen) atoms. The van der Waals surface area contributed by atoms with Crippen molar-refractivity contribution < 1.29 is 0 Å². The van der Waals surface area contributed by atoms with Gasteiger partial charge in [0.25, 0.3) is 0 Å². The van der Waals surface area contributed by atoms with E-state index in [0.29, 0.717) is 0 Å². The highest BCUT2D eigenvalue weighted by atomic mass is 15.1. The van der Waals surface area contributed by atoms with Crippen molar-refractivity contribution in [1.29, 1.82) is 0 Å². The summed E-state index contributed by atoms with van der Waals surface area (Å²) in [7, 11) is 2.28. The number of hydrogen-bond donors (Lipinski definition) is 0. The molecule has 0 radical (unpaired) electrons. The van der Waals surface area contributed by atoms with E-state index in [1.807, 2.05) is 0 Å². The molecule has 0 amide bonds. The molecule has 1 heteroatoms. The molecule has 0 aromatic carbocycles. The Morgan fingerprint density at radius 1 is 1.15 bits per heavy atom. The van der Waals surface area contributed by atoms with Gasteiger partial charge in [-0.15, -0.1) is 0 Å². The zero-order valence-corrected chi connectivity index (χ0v) is 9.13. The molecule has 2 aliphatic rings. The van der Waals surface area contributed by atoms with Gasteiger partial charge in [-0.05, 0) is 50.6 Å². The first-order chi connectivity index (χ1) is 6.29. The van der Waals surface area contributed by atoms with Crippen LogP contribution in [0.3, 0.4) is 0 Å². The standard InChI is InChI=1S/C12H23N/c1-3-10-4-5-12-9-13(2)7-6-11(12)8-10/h10-12H,3-9H2,1-2H3. The average Bonchev–Trinajstić information content (AvgIpc) is 2.17. The van der Waals surface area contributed by atoms with Crippen LogP contribution in [0.25, 0.3) is 0 Å². The molecule has 0 aromatic rings. The van der Waals surface area contributed by atoms with Gasteiger partial charge >= 0.3 is 0 Å². The van der Waals surface area contributed by atoms with E-state index in [1.165, 1.54) is 45.2 Å². The molecule has 1 aliphatic carbocycles. The van der Waals surface area contributed by atoms with E-state index < -0.39 is 0 Å². The highest BCUT2D eigenvalue weighted by Gasteiger charge is 2.32. The molecule has 2 fully saturated rings. The third-order valence-corrected chi connectivity index (χ3v) is 4.25. The Bertz CT molecular complexity index is 167. The Labute approximate surface area is 82.5 Å². The number of rotatable bonds is 1. The first-order valence-corrected chi connectivity index (χ1v) is 5.98. The van der Waals surface area contributed by atoms with Crippen molar-refractivity contribution in [3.63, 3.8) is 0 Å². The summed E-state index contributed by atoms with van der Waals surface area (Å²) in [6, 6.07) is 0. The molecule has 1 saturated carbocycles. The van der Waals surface area contributed by atoms with Gasteiger partial charge in [-0.25, -0.2) is 0 Å². The number of piperidine rings is 1. The minimum absolute atomic E-state index is 1.04. The summed E-state index contributed by atoms with van der Waals surface area (Å²) in [5.41, 5.74) is 0. The van der Waals surface area contributed by atoms with E-state index in [9.17, 15) is 0 Å². The zero-order valence-electron chi connectivity index (χ0n) is 9.13. The van der Waals surface area contributed by atoms with Crippen molar-refractivity contribution >= 4 is 0 Å². The summed E-state index contributed by atoms with van der Waals surface area (Å²) >= 11 is 0. The van der Waals surface area contributed by atoms with E-state index in [2.05, 4.69) is 18.9 Å². The minimum atomic E-state index is 1.04. The van der Waals surface area contributed by atoms with E-state index in [4.69, 9.17) is 0 Å². The summed E-state index contributed by atoms with van der Waals surface area (Å²) in [5, 5.41) is 0. The molecule has 1 aliphatic heterocycles. The topological polar surface area (TPSA) is 3.24 Å². The van der Waals surface area contributed by atoms with Crippen molar-refractivity contribution in [1.82, 2.24) is 4.90 Å². The smallest absolute Gasteiger partial charge is 0.000927 e. The minimum Gasteiger partial charge on any atom is -0.306 e. The lowest BCUT2D eigenvalue weighted by molar-refractivity contribution is 0.0788. The second-order valence-corrected chi connectivity index (χ2v) is 5.16. The molecule has 2 rings (SSSR count). The number of nitrogens with zero attached hydrogens (tertiary/aromatic N) is 1. The maximum Gasteiger partial charge on any atom is 0.000927 e. The Hall–Kier alpha value is -0.0400. The molecule has 0 N–H and O–H groups in total. The van der Waals surface area contributed by atoms with Gasteiger partial charge in [0.15, 0.2) is 0 Å². The van der Waals surface area contributed by atoms with E-state index in [1.54, 1.807) is 0 Å². The van der Waals surface area contributed by atoms with Gasteiger partial charge in [0.1, 0.15) is 0 Å². The Morgan fingerprint density at radius 2 is 2.00 bits per heavy atom. The molecule has 76 valence electrons. The molecule has 0 aromatic heterocycles. The Balaban J connectivity index is 1.90. The lowest BCUT2D eigenvalue weighted by atomic mass is 9.70. The predicted molar refractivity (Wildman–Crippen MR) is 56.7 cm³/mol. The van der Waals surface area contributed by atoms with Crippen molar-refractivity contribution in [2.45, 2.75) is 39.0 Å². The molecule has 1 heterocycles. The van der Waals surface area contributed by atoms with Crippen molar-refractivity contribution in [2.24, 2.45) is 17.8 Å². The fourth-order valence-corrected chi connectivity index (χ4v) is 3.27. The molecule has 0 spiro atoms. The Morgan fingerprint density at radius 3 is 2.77 bits per heavy atom. The van der Waals surface area contributed by atoms with E-state index >= 15 is 0 Å². The normalized spacial score (nSPS) is 41.5. The van der Waals surface area contributed by atoms with Crippen LogP contribution in [0.4, 0.5) is 0 Å². The molecule has 1 saturated heterocycles. The van der Waals surface area contributed by atoms with Crippen molar-refractivity contribution in [3.8, 4) is 0 Å². The third-order valence-electron chi connectivity index (χ3n) is 4.25.